The van der Waals surface area contributed by atoms with Crippen LogP contribution in [0.5, 0.6) is 0 Å². The number of rotatable bonds is 4. The summed E-state index contributed by atoms with van der Waals surface area (Å²) in [5.74, 6) is 1.94. The third-order valence-electron chi connectivity index (χ3n) is 4.38. The molecule has 3 nitrogen and oxygen atoms in total. The Kier molecular flexibility index (Phi) is 4.22. The number of imidazole rings is 1. The Bertz CT molecular complexity index is 550. The number of nitrogens with zero attached hydrogens (tertiary/aromatic N) is 3. The van der Waals surface area contributed by atoms with Crippen molar-refractivity contribution in [2.45, 2.75) is 38.6 Å². The number of hydrogen-bond donors (Lipinski definition) is 0. The largest absolute Gasteiger partial charge is 0.334 e. The van der Waals surface area contributed by atoms with Crippen molar-refractivity contribution in [2.24, 2.45) is 0 Å². The maximum absolute atomic E-state index is 4.64. The zero-order valence-corrected chi connectivity index (χ0v) is 13.2. The molecule has 20 heavy (non-hydrogen) atoms. The third-order valence-corrected chi connectivity index (χ3v) is 5.46. The smallest absolute Gasteiger partial charge is 0.111 e. The number of piperidine rings is 1. The van der Waals surface area contributed by atoms with Gasteiger partial charge in [-0.3, -0.25) is 0 Å². The number of hydrogen-bond acceptors (Lipinski definition) is 3. The van der Waals surface area contributed by atoms with Crippen molar-refractivity contribution < 1.29 is 0 Å². The maximum Gasteiger partial charge on any atom is 0.111 e. The van der Waals surface area contributed by atoms with Gasteiger partial charge in [0.2, 0.25) is 0 Å². The van der Waals surface area contributed by atoms with E-state index >= 15 is 0 Å². The molecule has 0 spiro atoms. The summed E-state index contributed by atoms with van der Waals surface area (Å²) in [6.45, 7) is 5.66. The van der Waals surface area contributed by atoms with Gasteiger partial charge >= 0.3 is 0 Å². The van der Waals surface area contributed by atoms with E-state index in [9.17, 15) is 0 Å². The fourth-order valence-corrected chi connectivity index (χ4v) is 3.92. The van der Waals surface area contributed by atoms with Gasteiger partial charge in [-0.05, 0) is 56.9 Å². The molecule has 2 aromatic rings. The SMILES string of the molecule is Cc1ccsc1CCn1ccnc1C1CCN(C)CC1. The van der Waals surface area contributed by atoms with E-state index in [1.165, 1.54) is 42.2 Å². The number of thiophene rings is 1. The van der Waals surface area contributed by atoms with Crippen molar-refractivity contribution in [1.82, 2.24) is 14.5 Å². The molecule has 2 aromatic heterocycles. The van der Waals surface area contributed by atoms with Gasteiger partial charge in [0, 0.05) is 36.2 Å². The summed E-state index contributed by atoms with van der Waals surface area (Å²) < 4.78 is 2.37. The Morgan fingerprint density at radius 2 is 2.15 bits per heavy atom. The van der Waals surface area contributed by atoms with E-state index in [4.69, 9.17) is 0 Å². The van der Waals surface area contributed by atoms with Crippen LogP contribution < -0.4 is 0 Å². The Labute approximate surface area is 125 Å². The van der Waals surface area contributed by atoms with Gasteiger partial charge in [0.15, 0.2) is 0 Å². The molecular formula is C16H23N3S. The van der Waals surface area contributed by atoms with Crippen molar-refractivity contribution in [2.75, 3.05) is 20.1 Å². The van der Waals surface area contributed by atoms with Gasteiger partial charge in [-0.15, -0.1) is 11.3 Å². The first kappa shape index (κ1) is 13.8. The highest BCUT2D eigenvalue weighted by molar-refractivity contribution is 7.10. The lowest BCUT2D eigenvalue weighted by atomic mass is 9.96. The molecule has 3 rings (SSSR count). The van der Waals surface area contributed by atoms with Gasteiger partial charge in [0.1, 0.15) is 5.82 Å². The first-order chi connectivity index (χ1) is 9.74. The molecule has 1 aliphatic heterocycles. The van der Waals surface area contributed by atoms with Crippen molar-refractivity contribution in [3.63, 3.8) is 0 Å². The summed E-state index contributed by atoms with van der Waals surface area (Å²) >= 11 is 1.87. The lowest BCUT2D eigenvalue weighted by Crippen LogP contribution is -2.30. The van der Waals surface area contributed by atoms with E-state index in [0.717, 1.165) is 13.0 Å². The first-order valence-electron chi connectivity index (χ1n) is 7.46. The number of aromatic nitrogens is 2. The van der Waals surface area contributed by atoms with Crippen LogP contribution in [0.25, 0.3) is 0 Å². The molecule has 0 bridgehead atoms. The van der Waals surface area contributed by atoms with E-state index in [1.54, 1.807) is 0 Å². The van der Waals surface area contributed by atoms with Gasteiger partial charge < -0.3 is 9.47 Å². The van der Waals surface area contributed by atoms with Crippen LogP contribution in [-0.4, -0.2) is 34.6 Å². The molecule has 0 atom stereocenters. The molecule has 0 amide bonds. The fraction of sp³-hybridized carbons (Fsp3) is 0.562. The molecule has 0 radical (unpaired) electrons. The van der Waals surface area contributed by atoms with E-state index in [2.05, 4.69) is 46.1 Å². The minimum atomic E-state index is 0.644. The van der Waals surface area contributed by atoms with Crippen LogP contribution in [0, 0.1) is 6.92 Å². The Morgan fingerprint density at radius 3 is 2.85 bits per heavy atom. The zero-order chi connectivity index (χ0) is 13.9. The van der Waals surface area contributed by atoms with Gasteiger partial charge in [0.25, 0.3) is 0 Å². The average Bonchev–Trinajstić information content (AvgIpc) is 3.06. The molecule has 0 N–H and O–H groups in total. The summed E-state index contributed by atoms with van der Waals surface area (Å²) in [6.07, 6.45) is 7.72. The van der Waals surface area contributed by atoms with Gasteiger partial charge in [-0.1, -0.05) is 0 Å². The highest BCUT2D eigenvalue weighted by Crippen LogP contribution is 2.26. The minimum absolute atomic E-state index is 0.644. The molecule has 3 heterocycles. The number of likely N-dealkylation sites (tertiary alicyclic amines) is 1. The third kappa shape index (κ3) is 2.96. The zero-order valence-electron chi connectivity index (χ0n) is 12.4. The molecule has 1 fully saturated rings. The van der Waals surface area contributed by atoms with Crippen molar-refractivity contribution in [3.8, 4) is 0 Å². The molecule has 0 aliphatic carbocycles. The Hall–Kier alpha value is -1.13. The normalized spacial score (nSPS) is 17.7. The van der Waals surface area contributed by atoms with Gasteiger partial charge in [0.05, 0.1) is 0 Å². The van der Waals surface area contributed by atoms with Crippen LogP contribution in [0.1, 0.15) is 35.0 Å². The van der Waals surface area contributed by atoms with E-state index in [0.29, 0.717) is 5.92 Å². The standard InChI is InChI=1S/C16H23N3S/c1-13-6-12-20-15(13)5-10-19-11-7-17-16(19)14-3-8-18(2)9-4-14/h6-7,11-12,14H,3-5,8-10H2,1-2H3. The average molecular weight is 289 g/mol. The van der Waals surface area contributed by atoms with Crippen LogP contribution in [-0.2, 0) is 13.0 Å². The molecule has 0 unspecified atom stereocenters. The van der Waals surface area contributed by atoms with E-state index in [-0.39, 0.29) is 0 Å². The lowest BCUT2D eigenvalue weighted by molar-refractivity contribution is 0.248. The van der Waals surface area contributed by atoms with Crippen molar-refractivity contribution >= 4 is 11.3 Å². The fourth-order valence-electron chi connectivity index (χ4n) is 3.02. The molecule has 1 saturated heterocycles. The molecular weight excluding hydrogens is 266 g/mol. The minimum Gasteiger partial charge on any atom is -0.334 e. The van der Waals surface area contributed by atoms with Gasteiger partial charge in [-0.2, -0.15) is 0 Å². The summed E-state index contributed by atoms with van der Waals surface area (Å²) in [4.78, 5) is 8.56. The Morgan fingerprint density at radius 1 is 1.35 bits per heavy atom. The lowest BCUT2D eigenvalue weighted by Gasteiger charge is -2.28. The second kappa shape index (κ2) is 6.10. The number of aryl methyl sites for hydroxylation is 3. The second-order valence-corrected chi connectivity index (χ2v) is 6.83. The van der Waals surface area contributed by atoms with E-state index in [1.807, 2.05) is 17.5 Å². The van der Waals surface area contributed by atoms with Crippen molar-refractivity contribution in [1.29, 1.82) is 0 Å². The molecule has 108 valence electrons. The van der Waals surface area contributed by atoms with Crippen LogP contribution in [0.3, 0.4) is 0 Å². The topological polar surface area (TPSA) is 21.1 Å². The maximum atomic E-state index is 4.64. The quantitative estimate of drug-likeness (QED) is 0.861. The predicted molar refractivity (Wildman–Crippen MR) is 84.5 cm³/mol. The predicted octanol–water partition coefficient (Wildman–Crippen LogP) is 3.30. The van der Waals surface area contributed by atoms with Crippen LogP contribution in [0.2, 0.25) is 0 Å². The molecule has 0 saturated carbocycles. The summed E-state index contributed by atoms with van der Waals surface area (Å²) in [5.41, 5.74) is 1.43. The molecule has 0 aromatic carbocycles. The van der Waals surface area contributed by atoms with Crippen LogP contribution in [0.15, 0.2) is 23.8 Å². The monoisotopic (exact) mass is 289 g/mol. The molecule has 1 aliphatic rings. The summed E-state index contributed by atoms with van der Waals surface area (Å²) in [7, 11) is 2.21. The highest BCUT2D eigenvalue weighted by Gasteiger charge is 2.22. The Balaban J connectivity index is 1.66. The van der Waals surface area contributed by atoms with E-state index < -0.39 is 0 Å². The second-order valence-electron chi connectivity index (χ2n) is 5.83. The van der Waals surface area contributed by atoms with Crippen LogP contribution in [0.4, 0.5) is 0 Å². The summed E-state index contributed by atoms with van der Waals surface area (Å²) in [5, 5.41) is 2.19. The van der Waals surface area contributed by atoms with Crippen molar-refractivity contribution in [3.05, 3.63) is 40.1 Å². The van der Waals surface area contributed by atoms with Crippen LogP contribution >= 0.6 is 11.3 Å². The first-order valence-corrected chi connectivity index (χ1v) is 8.34. The summed E-state index contributed by atoms with van der Waals surface area (Å²) in [6, 6.07) is 2.21. The highest BCUT2D eigenvalue weighted by atomic mass is 32.1. The van der Waals surface area contributed by atoms with Gasteiger partial charge in [-0.25, -0.2) is 4.98 Å². The molecule has 4 heteroatoms.